The third-order valence-electron chi connectivity index (χ3n) is 3.37. The monoisotopic (exact) mass is 309 g/mol. The van der Waals surface area contributed by atoms with Gasteiger partial charge in [0.05, 0.1) is 5.56 Å². The van der Waals surface area contributed by atoms with Gasteiger partial charge in [-0.3, -0.25) is 0 Å². The van der Waals surface area contributed by atoms with E-state index < -0.39 is 5.97 Å². The highest BCUT2D eigenvalue weighted by molar-refractivity contribution is 5.95. The number of ether oxygens (including phenoxy) is 1. The maximum absolute atomic E-state index is 12.1. The van der Waals surface area contributed by atoms with Crippen molar-refractivity contribution >= 4 is 11.7 Å². The molecule has 0 fully saturated rings. The maximum atomic E-state index is 12.1. The van der Waals surface area contributed by atoms with Crippen LogP contribution in [0.5, 0.6) is 0 Å². The average molecular weight is 309 g/mol. The van der Waals surface area contributed by atoms with Crippen LogP contribution in [0.2, 0.25) is 0 Å². The van der Waals surface area contributed by atoms with Crippen LogP contribution in [0, 0.1) is 6.92 Å². The summed E-state index contributed by atoms with van der Waals surface area (Å²) in [6, 6.07) is 14.6. The predicted octanol–water partition coefficient (Wildman–Crippen LogP) is 2.98. The van der Waals surface area contributed by atoms with Gasteiger partial charge >= 0.3 is 5.97 Å². The second-order valence-electron chi connectivity index (χ2n) is 4.99. The van der Waals surface area contributed by atoms with Gasteiger partial charge in [0.2, 0.25) is 5.82 Å². The topological polar surface area (TPSA) is 91.2 Å². The first kappa shape index (κ1) is 14.8. The van der Waals surface area contributed by atoms with Gasteiger partial charge in [0, 0.05) is 11.3 Å². The van der Waals surface area contributed by atoms with E-state index in [9.17, 15) is 4.79 Å². The van der Waals surface area contributed by atoms with Crippen LogP contribution in [-0.4, -0.2) is 16.1 Å². The fourth-order valence-electron chi connectivity index (χ4n) is 2.08. The lowest BCUT2D eigenvalue weighted by Crippen LogP contribution is -2.09. The van der Waals surface area contributed by atoms with Crippen molar-refractivity contribution in [2.24, 2.45) is 0 Å². The molecule has 0 atom stereocenters. The molecule has 6 heteroatoms. The van der Waals surface area contributed by atoms with Gasteiger partial charge in [-0.2, -0.15) is 4.98 Å². The SMILES string of the molecule is Cc1cccc(C(=O)OCc2nc(-c3ccccc3)no2)c1N. The Morgan fingerprint density at radius 1 is 1.17 bits per heavy atom. The molecule has 0 radical (unpaired) electrons. The summed E-state index contributed by atoms with van der Waals surface area (Å²) in [5.41, 5.74) is 8.27. The van der Waals surface area contributed by atoms with Gasteiger partial charge < -0.3 is 15.0 Å². The summed E-state index contributed by atoms with van der Waals surface area (Å²) in [5, 5.41) is 3.87. The van der Waals surface area contributed by atoms with Crippen LogP contribution in [0.3, 0.4) is 0 Å². The van der Waals surface area contributed by atoms with Gasteiger partial charge in [-0.15, -0.1) is 0 Å². The molecule has 1 aromatic heterocycles. The van der Waals surface area contributed by atoms with Crippen LogP contribution >= 0.6 is 0 Å². The van der Waals surface area contributed by atoms with Gasteiger partial charge in [-0.25, -0.2) is 4.79 Å². The molecule has 0 aliphatic rings. The van der Waals surface area contributed by atoms with E-state index in [1.165, 1.54) is 0 Å². The molecule has 3 aromatic rings. The van der Waals surface area contributed by atoms with Crippen molar-refractivity contribution in [1.82, 2.24) is 10.1 Å². The summed E-state index contributed by atoms with van der Waals surface area (Å²) in [5.74, 6) is 0.154. The third kappa shape index (κ3) is 3.21. The lowest BCUT2D eigenvalue weighted by Gasteiger charge is -2.07. The van der Waals surface area contributed by atoms with E-state index in [1.807, 2.05) is 43.3 Å². The number of benzene rings is 2. The summed E-state index contributed by atoms with van der Waals surface area (Å²) in [6.45, 7) is 1.72. The highest BCUT2D eigenvalue weighted by atomic mass is 16.6. The Hall–Kier alpha value is -3.15. The summed E-state index contributed by atoms with van der Waals surface area (Å²) in [4.78, 5) is 16.3. The number of esters is 1. The summed E-state index contributed by atoms with van der Waals surface area (Å²) >= 11 is 0. The van der Waals surface area contributed by atoms with Crippen molar-refractivity contribution in [2.75, 3.05) is 5.73 Å². The van der Waals surface area contributed by atoms with Crippen molar-refractivity contribution in [3.8, 4) is 11.4 Å². The number of aryl methyl sites for hydroxylation is 1. The van der Waals surface area contributed by atoms with Gasteiger partial charge in [-0.05, 0) is 18.6 Å². The Labute approximate surface area is 132 Å². The summed E-state index contributed by atoms with van der Waals surface area (Å²) in [6.07, 6.45) is 0. The van der Waals surface area contributed by atoms with E-state index in [-0.39, 0.29) is 12.5 Å². The number of para-hydroxylation sites is 1. The van der Waals surface area contributed by atoms with Crippen molar-refractivity contribution in [2.45, 2.75) is 13.5 Å². The van der Waals surface area contributed by atoms with Crippen molar-refractivity contribution in [1.29, 1.82) is 0 Å². The second kappa shape index (κ2) is 6.31. The normalized spacial score (nSPS) is 10.5. The van der Waals surface area contributed by atoms with E-state index >= 15 is 0 Å². The van der Waals surface area contributed by atoms with E-state index in [2.05, 4.69) is 10.1 Å². The molecule has 0 spiro atoms. The summed E-state index contributed by atoms with van der Waals surface area (Å²) in [7, 11) is 0. The van der Waals surface area contributed by atoms with Gasteiger partial charge in [0.15, 0.2) is 6.61 Å². The van der Waals surface area contributed by atoms with Gasteiger partial charge in [0.25, 0.3) is 5.89 Å². The molecule has 2 N–H and O–H groups in total. The van der Waals surface area contributed by atoms with Crippen LogP contribution in [0.1, 0.15) is 21.8 Å². The quantitative estimate of drug-likeness (QED) is 0.588. The zero-order valence-electron chi connectivity index (χ0n) is 12.5. The smallest absolute Gasteiger partial charge is 0.340 e. The largest absolute Gasteiger partial charge is 0.452 e. The molecule has 23 heavy (non-hydrogen) atoms. The number of hydrogen-bond acceptors (Lipinski definition) is 6. The fourth-order valence-corrected chi connectivity index (χ4v) is 2.08. The van der Waals surface area contributed by atoms with Gasteiger partial charge in [-0.1, -0.05) is 47.6 Å². The van der Waals surface area contributed by atoms with E-state index in [4.69, 9.17) is 15.0 Å². The number of aromatic nitrogens is 2. The predicted molar refractivity (Wildman–Crippen MR) is 84.4 cm³/mol. The van der Waals surface area contributed by atoms with Gasteiger partial charge in [0.1, 0.15) is 0 Å². The lowest BCUT2D eigenvalue weighted by molar-refractivity contribution is 0.0431. The molecule has 3 rings (SSSR count). The molecule has 0 aliphatic carbocycles. The second-order valence-corrected chi connectivity index (χ2v) is 4.99. The molecular weight excluding hydrogens is 294 g/mol. The maximum Gasteiger partial charge on any atom is 0.340 e. The Morgan fingerprint density at radius 2 is 1.96 bits per heavy atom. The first-order chi connectivity index (χ1) is 11.1. The Bertz CT molecular complexity index is 828. The van der Waals surface area contributed by atoms with E-state index in [1.54, 1.807) is 12.1 Å². The minimum Gasteiger partial charge on any atom is -0.452 e. The van der Waals surface area contributed by atoms with Crippen molar-refractivity contribution < 1.29 is 14.1 Å². The Kier molecular flexibility index (Phi) is 4.05. The highest BCUT2D eigenvalue weighted by Gasteiger charge is 2.15. The Morgan fingerprint density at radius 3 is 2.74 bits per heavy atom. The van der Waals surface area contributed by atoms with Crippen molar-refractivity contribution in [3.05, 3.63) is 65.5 Å². The number of hydrogen-bond donors (Lipinski definition) is 1. The molecule has 0 unspecified atom stereocenters. The number of rotatable bonds is 4. The Balaban J connectivity index is 1.68. The molecule has 1 heterocycles. The van der Waals surface area contributed by atoms with Crippen LogP contribution in [0.25, 0.3) is 11.4 Å². The number of carbonyl (C=O) groups excluding carboxylic acids is 1. The first-order valence-electron chi connectivity index (χ1n) is 7.05. The zero-order valence-corrected chi connectivity index (χ0v) is 12.5. The number of nitrogens with two attached hydrogens (primary N) is 1. The van der Waals surface area contributed by atoms with Crippen molar-refractivity contribution in [3.63, 3.8) is 0 Å². The van der Waals surface area contributed by atoms with Crippen LogP contribution in [-0.2, 0) is 11.3 Å². The number of nitrogens with zero attached hydrogens (tertiary/aromatic N) is 2. The van der Waals surface area contributed by atoms with E-state index in [0.29, 0.717) is 17.1 Å². The third-order valence-corrected chi connectivity index (χ3v) is 3.37. The number of nitrogen functional groups attached to an aromatic ring is 1. The molecule has 2 aromatic carbocycles. The lowest BCUT2D eigenvalue weighted by atomic mass is 10.1. The molecule has 0 saturated carbocycles. The van der Waals surface area contributed by atoms with E-state index in [0.717, 1.165) is 11.1 Å². The highest BCUT2D eigenvalue weighted by Crippen LogP contribution is 2.19. The molecule has 0 amide bonds. The molecule has 0 saturated heterocycles. The van der Waals surface area contributed by atoms with Crippen LogP contribution < -0.4 is 5.73 Å². The zero-order chi connectivity index (χ0) is 16.2. The molecule has 6 nitrogen and oxygen atoms in total. The number of anilines is 1. The fraction of sp³-hybridized carbons (Fsp3) is 0.118. The van der Waals surface area contributed by atoms with Crippen LogP contribution in [0.4, 0.5) is 5.69 Å². The minimum atomic E-state index is -0.523. The summed E-state index contributed by atoms with van der Waals surface area (Å²) < 4.78 is 10.3. The molecule has 0 aliphatic heterocycles. The molecular formula is C17H15N3O3. The first-order valence-corrected chi connectivity index (χ1v) is 7.05. The average Bonchev–Trinajstić information content (AvgIpc) is 3.05. The van der Waals surface area contributed by atoms with Crippen LogP contribution in [0.15, 0.2) is 53.1 Å². The number of carbonyl (C=O) groups is 1. The molecule has 0 bridgehead atoms. The molecule has 116 valence electrons. The minimum absolute atomic E-state index is 0.105. The standard InChI is InChI=1S/C17H15N3O3/c1-11-6-5-9-13(15(11)18)17(21)22-10-14-19-16(20-23-14)12-7-3-2-4-8-12/h2-9H,10,18H2,1H3.